The van der Waals surface area contributed by atoms with Gasteiger partial charge in [-0.25, -0.2) is 9.48 Å². The second-order valence-electron chi connectivity index (χ2n) is 5.54. The molecule has 0 N–H and O–H groups in total. The second kappa shape index (κ2) is 5.89. The van der Waals surface area contributed by atoms with Gasteiger partial charge in [-0.1, -0.05) is 6.92 Å². The Kier molecular flexibility index (Phi) is 3.69. The lowest BCUT2D eigenvalue weighted by Crippen LogP contribution is -2.27. The summed E-state index contributed by atoms with van der Waals surface area (Å²) in [6.45, 7) is 2.15. The number of carbonyl (C=O) groups is 1. The predicted molar refractivity (Wildman–Crippen MR) is 93.4 cm³/mol. The summed E-state index contributed by atoms with van der Waals surface area (Å²) in [5, 5.41) is 7.52. The third-order valence-corrected chi connectivity index (χ3v) is 4.94. The number of ether oxygens (including phenoxy) is 1. The van der Waals surface area contributed by atoms with E-state index in [1.807, 2.05) is 28.8 Å². The molecule has 8 heteroatoms. The Morgan fingerprint density at radius 2 is 2.20 bits per heavy atom. The number of aromatic nitrogens is 3. The van der Waals surface area contributed by atoms with Gasteiger partial charge in [0.1, 0.15) is 28.5 Å². The van der Waals surface area contributed by atoms with E-state index in [0.717, 1.165) is 16.0 Å². The number of aryl methyl sites for hydroxylation is 1. The monoisotopic (exact) mass is 357 g/mol. The van der Waals surface area contributed by atoms with Gasteiger partial charge in [0.2, 0.25) is 5.76 Å². The summed E-state index contributed by atoms with van der Waals surface area (Å²) in [6, 6.07) is 7.05. The van der Waals surface area contributed by atoms with Crippen molar-refractivity contribution in [3.63, 3.8) is 0 Å². The lowest BCUT2D eigenvalue weighted by Gasteiger charge is -2.08. The zero-order valence-corrected chi connectivity index (χ0v) is 14.5. The molecular formula is C17H15N3O4S. The first-order valence-corrected chi connectivity index (χ1v) is 8.66. The normalized spacial score (nSPS) is 11.4. The van der Waals surface area contributed by atoms with Crippen molar-refractivity contribution in [2.75, 3.05) is 7.11 Å². The highest BCUT2D eigenvalue weighted by Crippen LogP contribution is 2.24. The van der Waals surface area contributed by atoms with Gasteiger partial charge in [0.15, 0.2) is 0 Å². The maximum absolute atomic E-state index is 12.8. The Morgan fingerprint density at radius 1 is 1.36 bits per heavy atom. The lowest BCUT2D eigenvalue weighted by molar-refractivity contribution is 0.0562. The van der Waals surface area contributed by atoms with Gasteiger partial charge >= 0.3 is 5.97 Å². The van der Waals surface area contributed by atoms with Crippen LogP contribution in [0.2, 0.25) is 0 Å². The molecule has 128 valence electrons. The van der Waals surface area contributed by atoms with Crippen molar-refractivity contribution in [1.82, 2.24) is 14.2 Å². The van der Waals surface area contributed by atoms with E-state index in [-0.39, 0.29) is 17.9 Å². The summed E-state index contributed by atoms with van der Waals surface area (Å²) < 4.78 is 13.4. The van der Waals surface area contributed by atoms with Gasteiger partial charge in [-0.15, -0.1) is 11.3 Å². The van der Waals surface area contributed by atoms with E-state index in [0.29, 0.717) is 17.7 Å². The minimum absolute atomic E-state index is 0.102. The molecule has 0 unspecified atom stereocenters. The molecule has 0 radical (unpaired) electrons. The summed E-state index contributed by atoms with van der Waals surface area (Å²) in [4.78, 5) is 25.3. The van der Waals surface area contributed by atoms with Crippen LogP contribution >= 0.6 is 11.3 Å². The number of thiophene rings is 1. The van der Waals surface area contributed by atoms with Crippen LogP contribution in [-0.2, 0) is 17.7 Å². The molecule has 4 aromatic rings. The Morgan fingerprint density at radius 3 is 2.96 bits per heavy atom. The molecule has 0 spiro atoms. The highest BCUT2D eigenvalue weighted by molar-refractivity contribution is 7.16. The van der Waals surface area contributed by atoms with Crippen LogP contribution in [-0.4, -0.2) is 27.3 Å². The van der Waals surface area contributed by atoms with Crippen molar-refractivity contribution < 1.29 is 13.9 Å². The molecule has 0 amide bonds. The molecule has 4 aromatic heterocycles. The van der Waals surface area contributed by atoms with Crippen LogP contribution in [0.4, 0.5) is 0 Å². The number of esters is 1. The first-order valence-electron chi connectivity index (χ1n) is 7.78. The number of furan rings is 1. The highest BCUT2D eigenvalue weighted by Gasteiger charge is 2.16. The Labute approximate surface area is 146 Å². The maximum Gasteiger partial charge on any atom is 0.373 e. The predicted octanol–water partition coefficient (Wildman–Crippen LogP) is 2.70. The third kappa shape index (κ3) is 2.45. The van der Waals surface area contributed by atoms with Crippen molar-refractivity contribution in [3.8, 4) is 0 Å². The molecule has 0 aliphatic rings. The Bertz CT molecular complexity index is 1150. The van der Waals surface area contributed by atoms with Gasteiger partial charge < -0.3 is 9.15 Å². The van der Waals surface area contributed by atoms with E-state index in [4.69, 9.17) is 4.42 Å². The number of fused-ring (bicyclic) bond motifs is 3. The van der Waals surface area contributed by atoms with Crippen LogP contribution < -0.4 is 5.56 Å². The van der Waals surface area contributed by atoms with E-state index in [2.05, 4.69) is 9.84 Å². The van der Waals surface area contributed by atoms with Crippen molar-refractivity contribution in [1.29, 1.82) is 0 Å². The topological polar surface area (TPSA) is 78.7 Å². The molecule has 0 aliphatic heterocycles. The molecular weight excluding hydrogens is 342 g/mol. The molecule has 4 rings (SSSR count). The summed E-state index contributed by atoms with van der Waals surface area (Å²) >= 11 is 1.59. The Hall–Kier alpha value is -2.87. The smallest absolute Gasteiger partial charge is 0.373 e. The number of nitrogens with zero attached hydrogens (tertiary/aromatic N) is 3. The van der Waals surface area contributed by atoms with E-state index in [9.17, 15) is 9.59 Å². The van der Waals surface area contributed by atoms with Gasteiger partial charge in [-0.2, -0.15) is 5.10 Å². The van der Waals surface area contributed by atoms with Crippen LogP contribution in [0.5, 0.6) is 0 Å². The van der Waals surface area contributed by atoms with Gasteiger partial charge in [-0.05, 0) is 29.6 Å². The quantitative estimate of drug-likeness (QED) is 0.525. The molecule has 4 heterocycles. The maximum atomic E-state index is 12.8. The van der Waals surface area contributed by atoms with Gasteiger partial charge in [0.05, 0.1) is 7.11 Å². The average Bonchev–Trinajstić information content (AvgIpc) is 3.32. The molecule has 0 bridgehead atoms. The first-order chi connectivity index (χ1) is 12.1. The third-order valence-electron chi connectivity index (χ3n) is 4.03. The van der Waals surface area contributed by atoms with Crippen LogP contribution in [0, 0.1) is 0 Å². The molecule has 0 atom stereocenters. The summed E-state index contributed by atoms with van der Waals surface area (Å²) in [5.41, 5.74) is 0.394. The number of carbonyl (C=O) groups excluding carboxylic acids is 1. The van der Waals surface area contributed by atoms with Crippen LogP contribution in [0.15, 0.2) is 38.9 Å². The molecule has 0 saturated heterocycles. The van der Waals surface area contributed by atoms with E-state index in [1.54, 1.807) is 17.4 Å². The fourth-order valence-corrected chi connectivity index (χ4v) is 3.77. The van der Waals surface area contributed by atoms with E-state index >= 15 is 0 Å². The molecule has 0 fully saturated rings. The minimum atomic E-state index is -0.553. The molecule has 7 nitrogen and oxygen atoms in total. The summed E-state index contributed by atoms with van der Waals surface area (Å²) in [6.07, 6.45) is 0.685. The first kappa shape index (κ1) is 15.6. The molecule has 0 aromatic carbocycles. The lowest BCUT2D eigenvalue weighted by atomic mass is 10.4. The van der Waals surface area contributed by atoms with Crippen molar-refractivity contribution >= 4 is 33.0 Å². The van der Waals surface area contributed by atoms with Gasteiger partial charge in [-0.3, -0.25) is 9.20 Å². The summed E-state index contributed by atoms with van der Waals surface area (Å²) in [5.74, 6) is 0.815. The molecule has 0 aliphatic carbocycles. The van der Waals surface area contributed by atoms with Crippen LogP contribution in [0.1, 0.15) is 29.1 Å². The fourth-order valence-electron chi connectivity index (χ4n) is 2.86. The second-order valence-corrected chi connectivity index (χ2v) is 6.43. The SMILES string of the molecule is CCc1nn(Cc2ccc(C(=O)OC)o2)c(=O)c2cc3ccsc3n12. The number of methoxy groups -OCH3 is 1. The van der Waals surface area contributed by atoms with Crippen molar-refractivity contribution in [2.24, 2.45) is 0 Å². The zero-order valence-electron chi connectivity index (χ0n) is 13.7. The standard InChI is InChI=1S/C17H15N3O4S/c1-3-14-18-19(9-11-4-5-13(24-11)17(22)23-2)15(21)12-8-10-6-7-25-16(10)20(12)14/h4-8H,3,9H2,1-2H3. The minimum Gasteiger partial charge on any atom is -0.463 e. The van der Waals surface area contributed by atoms with Gasteiger partial charge in [0.25, 0.3) is 5.56 Å². The summed E-state index contributed by atoms with van der Waals surface area (Å²) in [7, 11) is 1.29. The van der Waals surface area contributed by atoms with E-state index in [1.165, 1.54) is 17.9 Å². The zero-order chi connectivity index (χ0) is 17.6. The molecule has 0 saturated carbocycles. The Balaban J connectivity index is 1.82. The largest absolute Gasteiger partial charge is 0.463 e. The van der Waals surface area contributed by atoms with Gasteiger partial charge in [0, 0.05) is 11.8 Å². The highest BCUT2D eigenvalue weighted by atomic mass is 32.1. The van der Waals surface area contributed by atoms with Crippen molar-refractivity contribution in [3.05, 3.63) is 57.3 Å². The van der Waals surface area contributed by atoms with Crippen LogP contribution in [0.3, 0.4) is 0 Å². The average molecular weight is 357 g/mol. The molecule has 25 heavy (non-hydrogen) atoms. The van der Waals surface area contributed by atoms with E-state index < -0.39 is 5.97 Å². The van der Waals surface area contributed by atoms with Crippen molar-refractivity contribution in [2.45, 2.75) is 19.9 Å². The number of hydrogen-bond acceptors (Lipinski definition) is 6. The number of hydrogen-bond donors (Lipinski definition) is 0. The van der Waals surface area contributed by atoms with Crippen LogP contribution in [0.25, 0.3) is 15.7 Å². The fraction of sp³-hybridized carbons (Fsp3) is 0.235. The number of rotatable bonds is 4.